The van der Waals surface area contributed by atoms with E-state index in [0.717, 1.165) is 30.4 Å². The van der Waals surface area contributed by atoms with Gasteiger partial charge >= 0.3 is 0 Å². The molecule has 0 amide bonds. The van der Waals surface area contributed by atoms with Gasteiger partial charge in [-0.2, -0.15) is 0 Å². The highest BCUT2D eigenvalue weighted by molar-refractivity contribution is 5.19. The van der Waals surface area contributed by atoms with E-state index < -0.39 is 0 Å². The second kappa shape index (κ2) is 4.31. The molecule has 15 heavy (non-hydrogen) atoms. The number of nitrogens with zero attached hydrogens (tertiary/aromatic N) is 1. The summed E-state index contributed by atoms with van der Waals surface area (Å²) < 4.78 is 5.44. The number of hydrogen-bond donors (Lipinski definition) is 2. The largest absolute Gasteiger partial charge is 0.466 e. The van der Waals surface area contributed by atoms with Crippen molar-refractivity contribution in [3.05, 3.63) is 41.4 Å². The zero-order valence-electron chi connectivity index (χ0n) is 9.00. The zero-order valence-corrected chi connectivity index (χ0v) is 9.00. The monoisotopic (exact) mass is 205 g/mol. The lowest BCUT2D eigenvalue weighted by molar-refractivity contribution is 0.498. The molecule has 0 aliphatic rings. The molecule has 2 rings (SSSR count). The number of aromatic amines is 1. The van der Waals surface area contributed by atoms with Crippen LogP contribution in [0.25, 0.3) is 0 Å². The summed E-state index contributed by atoms with van der Waals surface area (Å²) in [5.41, 5.74) is 1.21. The van der Waals surface area contributed by atoms with Crippen molar-refractivity contribution in [1.82, 2.24) is 15.3 Å². The molecule has 0 saturated heterocycles. The Morgan fingerprint density at radius 1 is 1.40 bits per heavy atom. The standard InChI is InChI=1S/C11H15N3O/c1-8-5-10(9(2)15-8)6-12-7-11-13-3-4-14-11/h3-5,12H,6-7H2,1-2H3,(H,13,14). The maximum absolute atomic E-state index is 5.44. The van der Waals surface area contributed by atoms with Crippen LogP contribution in [0.5, 0.6) is 0 Å². The molecular weight excluding hydrogens is 190 g/mol. The fourth-order valence-corrected chi connectivity index (χ4v) is 1.57. The first-order valence-electron chi connectivity index (χ1n) is 5.00. The van der Waals surface area contributed by atoms with Crippen LogP contribution in [-0.4, -0.2) is 9.97 Å². The highest BCUT2D eigenvalue weighted by Crippen LogP contribution is 2.13. The van der Waals surface area contributed by atoms with Gasteiger partial charge in [-0.3, -0.25) is 0 Å². The van der Waals surface area contributed by atoms with Crippen molar-refractivity contribution in [2.45, 2.75) is 26.9 Å². The Morgan fingerprint density at radius 2 is 2.27 bits per heavy atom. The van der Waals surface area contributed by atoms with Crippen LogP contribution < -0.4 is 5.32 Å². The number of aryl methyl sites for hydroxylation is 2. The average molecular weight is 205 g/mol. The SMILES string of the molecule is Cc1cc(CNCc2ncc[nH]2)c(C)o1. The fraction of sp³-hybridized carbons (Fsp3) is 0.364. The van der Waals surface area contributed by atoms with E-state index in [2.05, 4.69) is 21.4 Å². The molecule has 4 nitrogen and oxygen atoms in total. The minimum Gasteiger partial charge on any atom is -0.466 e. The average Bonchev–Trinajstić information content (AvgIpc) is 2.77. The van der Waals surface area contributed by atoms with Crippen molar-refractivity contribution in [1.29, 1.82) is 0 Å². The molecule has 0 aliphatic carbocycles. The number of H-pyrrole nitrogens is 1. The number of nitrogens with one attached hydrogen (secondary N) is 2. The molecule has 4 heteroatoms. The zero-order chi connectivity index (χ0) is 10.7. The molecule has 80 valence electrons. The van der Waals surface area contributed by atoms with Gasteiger partial charge in [-0.15, -0.1) is 0 Å². The molecular formula is C11H15N3O. The lowest BCUT2D eigenvalue weighted by Gasteiger charge is -2.00. The summed E-state index contributed by atoms with van der Waals surface area (Å²) in [4.78, 5) is 7.18. The topological polar surface area (TPSA) is 53.9 Å². The van der Waals surface area contributed by atoms with Crippen LogP contribution in [-0.2, 0) is 13.1 Å². The van der Waals surface area contributed by atoms with Gasteiger partial charge in [-0.05, 0) is 19.9 Å². The van der Waals surface area contributed by atoms with Crippen LogP contribution in [0.1, 0.15) is 22.9 Å². The number of imidazole rings is 1. The van der Waals surface area contributed by atoms with Gasteiger partial charge in [0.05, 0.1) is 6.54 Å². The van der Waals surface area contributed by atoms with E-state index in [1.807, 2.05) is 20.0 Å². The molecule has 0 unspecified atom stereocenters. The molecule has 2 N–H and O–H groups in total. The molecule has 0 aromatic carbocycles. The van der Waals surface area contributed by atoms with Gasteiger partial charge in [0.25, 0.3) is 0 Å². The van der Waals surface area contributed by atoms with Gasteiger partial charge in [0, 0.05) is 24.5 Å². The summed E-state index contributed by atoms with van der Waals surface area (Å²) in [6.07, 6.45) is 3.58. The van der Waals surface area contributed by atoms with Gasteiger partial charge in [-0.25, -0.2) is 4.98 Å². The second-order valence-electron chi connectivity index (χ2n) is 3.58. The molecule has 0 saturated carbocycles. The molecule has 0 atom stereocenters. The van der Waals surface area contributed by atoms with E-state index >= 15 is 0 Å². The Bertz CT molecular complexity index is 417. The Hall–Kier alpha value is -1.55. The Kier molecular flexibility index (Phi) is 2.87. The van der Waals surface area contributed by atoms with Gasteiger partial charge in [0.1, 0.15) is 17.3 Å². The summed E-state index contributed by atoms with van der Waals surface area (Å²) in [7, 11) is 0. The second-order valence-corrected chi connectivity index (χ2v) is 3.58. The number of furan rings is 1. The minimum absolute atomic E-state index is 0.747. The minimum atomic E-state index is 0.747. The van der Waals surface area contributed by atoms with E-state index in [4.69, 9.17) is 4.42 Å². The third-order valence-electron chi connectivity index (χ3n) is 2.31. The molecule has 0 fully saturated rings. The highest BCUT2D eigenvalue weighted by Gasteiger charge is 2.03. The molecule has 0 aliphatic heterocycles. The molecule has 2 aromatic rings. The normalized spacial score (nSPS) is 10.8. The van der Waals surface area contributed by atoms with Crippen LogP contribution in [0, 0.1) is 13.8 Å². The van der Waals surface area contributed by atoms with Crippen molar-refractivity contribution in [3.63, 3.8) is 0 Å². The Morgan fingerprint density at radius 3 is 2.87 bits per heavy atom. The molecule has 2 aromatic heterocycles. The summed E-state index contributed by atoms with van der Waals surface area (Å²) in [6.45, 7) is 5.50. The van der Waals surface area contributed by atoms with Crippen molar-refractivity contribution < 1.29 is 4.42 Å². The van der Waals surface area contributed by atoms with Crippen LogP contribution in [0.15, 0.2) is 22.9 Å². The highest BCUT2D eigenvalue weighted by atomic mass is 16.3. The summed E-state index contributed by atoms with van der Waals surface area (Å²) in [5, 5.41) is 3.30. The van der Waals surface area contributed by atoms with Gasteiger partial charge in [0.15, 0.2) is 0 Å². The summed E-state index contributed by atoms with van der Waals surface area (Å²) in [6, 6.07) is 2.06. The molecule has 0 spiro atoms. The summed E-state index contributed by atoms with van der Waals surface area (Å²) >= 11 is 0. The first-order valence-corrected chi connectivity index (χ1v) is 5.00. The van der Waals surface area contributed by atoms with E-state index in [1.165, 1.54) is 5.56 Å². The van der Waals surface area contributed by atoms with E-state index in [0.29, 0.717) is 0 Å². The van der Waals surface area contributed by atoms with E-state index in [1.54, 1.807) is 6.20 Å². The third-order valence-corrected chi connectivity index (χ3v) is 2.31. The van der Waals surface area contributed by atoms with Gasteiger partial charge < -0.3 is 14.7 Å². The maximum Gasteiger partial charge on any atom is 0.120 e. The predicted octanol–water partition coefficient (Wildman–Crippen LogP) is 1.91. The van der Waals surface area contributed by atoms with Crippen molar-refractivity contribution >= 4 is 0 Å². The van der Waals surface area contributed by atoms with Crippen LogP contribution >= 0.6 is 0 Å². The smallest absolute Gasteiger partial charge is 0.120 e. The van der Waals surface area contributed by atoms with Crippen LogP contribution in [0.2, 0.25) is 0 Å². The van der Waals surface area contributed by atoms with Crippen molar-refractivity contribution in [2.75, 3.05) is 0 Å². The lowest BCUT2D eigenvalue weighted by atomic mass is 10.2. The molecule has 0 radical (unpaired) electrons. The number of hydrogen-bond acceptors (Lipinski definition) is 3. The van der Waals surface area contributed by atoms with Crippen LogP contribution in [0.4, 0.5) is 0 Å². The number of rotatable bonds is 4. The summed E-state index contributed by atoms with van der Waals surface area (Å²) in [5.74, 6) is 2.90. The van der Waals surface area contributed by atoms with E-state index in [-0.39, 0.29) is 0 Å². The first kappa shape index (κ1) is 9.98. The molecule has 2 heterocycles. The lowest BCUT2D eigenvalue weighted by Crippen LogP contribution is -2.13. The van der Waals surface area contributed by atoms with E-state index in [9.17, 15) is 0 Å². The van der Waals surface area contributed by atoms with Crippen LogP contribution in [0.3, 0.4) is 0 Å². The van der Waals surface area contributed by atoms with Gasteiger partial charge in [-0.1, -0.05) is 0 Å². The number of aromatic nitrogens is 2. The van der Waals surface area contributed by atoms with Gasteiger partial charge in [0.2, 0.25) is 0 Å². The Labute approximate surface area is 88.7 Å². The fourth-order valence-electron chi connectivity index (χ4n) is 1.57. The quantitative estimate of drug-likeness (QED) is 0.801. The first-order chi connectivity index (χ1) is 7.25. The molecule has 0 bridgehead atoms. The third kappa shape index (κ3) is 2.47. The van der Waals surface area contributed by atoms with Crippen molar-refractivity contribution in [3.8, 4) is 0 Å². The maximum atomic E-state index is 5.44. The van der Waals surface area contributed by atoms with Crippen molar-refractivity contribution in [2.24, 2.45) is 0 Å². The predicted molar refractivity (Wildman–Crippen MR) is 57.3 cm³/mol. The Balaban J connectivity index is 1.86.